The molecule has 0 bridgehead atoms. The highest BCUT2D eigenvalue weighted by Crippen LogP contribution is 2.46. The summed E-state index contributed by atoms with van der Waals surface area (Å²) in [5, 5.41) is 11.3. The molecule has 0 unspecified atom stereocenters. The molecule has 1 aliphatic carbocycles. The van der Waals surface area contributed by atoms with Gasteiger partial charge < -0.3 is 10.4 Å². The molecule has 0 radical (unpaired) electrons. The summed E-state index contributed by atoms with van der Waals surface area (Å²) in [4.78, 5) is 29.8. The molecular weight excluding hydrogens is 198 g/mol. The molecule has 1 saturated carbocycles. The summed E-state index contributed by atoms with van der Waals surface area (Å²) in [6.07, 6.45) is 4.95. The number of carboxylic acid groups (broad SMARTS) is 1. The van der Waals surface area contributed by atoms with Crippen LogP contribution in [0.4, 0.5) is 5.69 Å². The first-order valence-corrected chi connectivity index (χ1v) is 4.45. The molecule has 1 aromatic heterocycles. The van der Waals surface area contributed by atoms with Crippen molar-refractivity contribution in [2.45, 2.75) is 12.8 Å². The number of carbonyl (C=O) groups is 2. The van der Waals surface area contributed by atoms with Crippen LogP contribution in [0, 0.1) is 5.41 Å². The monoisotopic (exact) mass is 207 g/mol. The lowest BCUT2D eigenvalue weighted by Crippen LogP contribution is -2.31. The molecule has 1 amide bonds. The quantitative estimate of drug-likeness (QED) is 0.694. The Hall–Kier alpha value is -1.98. The molecule has 0 aromatic carbocycles. The fourth-order valence-corrected chi connectivity index (χ4v) is 1.28. The predicted octanol–water partition coefficient (Wildman–Crippen LogP) is 0.280. The van der Waals surface area contributed by atoms with Crippen molar-refractivity contribution in [3.8, 4) is 0 Å². The fraction of sp³-hybridized carbons (Fsp3) is 0.333. The standard InChI is InChI=1S/C9H9N3O3/c13-7(9(1-2-9)8(14)15)12-6-3-10-5-11-4-6/h3-5H,1-2H2,(H,12,13)(H,14,15). The van der Waals surface area contributed by atoms with Gasteiger partial charge in [0.2, 0.25) is 5.91 Å². The summed E-state index contributed by atoms with van der Waals surface area (Å²) in [7, 11) is 0. The van der Waals surface area contributed by atoms with Crippen LogP contribution in [0.25, 0.3) is 0 Å². The zero-order valence-corrected chi connectivity index (χ0v) is 7.80. The van der Waals surface area contributed by atoms with Gasteiger partial charge in [0.15, 0.2) is 0 Å². The average Bonchev–Trinajstić information content (AvgIpc) is 2.99. The zero-order chi connectivity index (χ0) is 10.9. The van der Waals surface area contributed by atoms with Gasteiger partial charge in [-0.15, -0.1) is 0 Å². The van der Waals surface area contributed by atoms with Gasteiger partial charge in [0, 0.05) is 0 Å². The maximum Gasteiger partial charge on any atom is 0.319 e. The van der Waals surface area contributed by atoms with E-state index in [4.69, 9.17) is 5.11 Å². The highest BCUT2D eigenvalue weighted by molar-refractivity contribution is 6.10. The number of aromatic nitrogens is 2. The normalized spacial score (nSPS) is 16.8. The number of hydrogen-bond donors (Lipinski definition) is 2. The number of carbonyl (C=O) groups excluding carboxylic acids is 1. The lowest BCUT2D eigenvalue weighted by Gasteiger charge is -2.09. The number of aliphatic carboxylic acids is 1. The molecule has 1 aromatic rings. The first-order chi connectivity index (χ1) is 7.15. The van der Waals surface area contributed by atoms with E-state index < -0.39 is 17.3 Å². The molecule has 0 atom stereocenters. The van der Waals surface area contributed by atoms with Gasteiger partial charge in [-0.1, -0.05) is 0 Å². The Bertz CT molecular complexity index is 400. The molecule has 0 saturated heterocycles. The van der Waals surface area contributed by atoms with Gasteiger partial charge in [0.1, 0.15) is 11.7 Å². The summed E-state index contributed by atoms with van der Waals surface area (Å²) in [5.74, 6) is -1.57. The topological polar surface area (TPSA) is 92.2 Å². The third-order valence-corrected chi connectivity index (χ3v) is 2.41. The third-order valence-electron chi connectivity index (χ3n) is 2.41. The average molecular weight is 207 g/mol. The van der Waals surface area contributed by atoms with Crippen molar-refractivity contribution in [3.63, 3.8) is 0 Å². The molecule has 1 aliphatic rings. The Morgan fingerprint density at radius 3 is 2.40 bits per heavy atom. The number of amides is 1. The largest absolute Gasteiger partial charge is 0.480 e. The van der Waals surface area contributed by atoms with Crippen LogP contribution in [0.1, 0.15) is 12.8 Å². The maximum atomic E-state index is 11.6. The smallest absolute Gasteiger partial charge is 0.319 e. The van der Waals surface area contributed by atoms with Crippen LogP contribution in [0.3, 0.4) is 0 Å². The molecule has 2 N–H and O–H groups in total. The van der Waals surface area contributed by atoms with E-state index in [1.807, 2.05) is 0 Å². The molecule has 6 heteroatoms. The maximum absolute atomic E-state index is 11.6. The van der Waals surface area contributed by atoms with Crippen molar-refractivity contribution >= 4 is 17.6 Å². The SMILES string of the molecule is O=C(O)C1(C(=O)Nc2cncnc2)CC1. The number of anilines is 1. The number of carboxylic acids is 1. The van der Waals surface area contributed by atoms with Crippen molar-refractivity contribution in [3.05, 3.63) is 18.7 Å². The van der Waals surface area contributed by atoms with E-state index in [1.54, 1.807) is 0 Å². The number of hydrogen-bond acceptors (Lipinski definition) is 4. The summed E-state index contributed by atoms with van der Waals surface area (Å²) < 4.78 is 0. The Labute approximate surface area is 85.4 Å². The minimum Gasteiger partial charge on any atom is -0.480 e. The second kappa shape index (κ2) is 3.30. The molecule has 0 spiro atoms. The van der Waals surface area contributed by atoms with Gasteiger partial charge in [-0.05, 0) is 12.8 Å². The lowest BCUT2D eigenvalue weighted by atomic mass is 10.1. The van der Waals surface area contributed by atoms with Crippen molar-refractivity contribution in [1.82, 2.24) is 9.97 Å². The Morgan fingerprint density at radius 1 is 1.33 bits per heavy atom. The van der Waals surface area contributed by atoms with Crippen LogP contribution in [-0.2, 0) is 9.59 Å². The predicted molar refractivity (Wildman–Crippen MR) is 50.0 cm³/mol. The van der Waals surface area contributed by atoms with Gasteiger partial charge in [-0.2, -0.15) is 0 Å². The van der Waals surface area contributed by atoms with Crippen molar-refractivity contribution in [1.29, 1.82) is 0 Å². The van der Waals surface area contributed by atoms with Crippen LogP contribution in [0.2, 0.25) is 0 Å². The van der Waals surface area contributed by atoms with Crippen LogP contribution in [0.15, 0.2) is 18.7 Å². The van der Waals surface area contributed by atoms with E-state index in [2.05, 4.69) is 15.3 Å². The third kappa shape index (κ3) is 1.65. The molecular formula is C9H9N3O3. The Kier molecular flexibility index (Phi) is 2.11. The highest BCUT2D eigenvalue weighted by atomic mass is 16.4. The second-order valence-corrected chi connectivity index (χ2v) is 3.47. The minimum atomic E-state index is -1.23. The van der Waals surface area contributed by atoms with Crippen LogP contribution >= 0.6 is 0 Å². The molecule has 0 aliphatic heterocycles. The Morgan fingerprint density at radius 2 is 1.93 bits per heavy atom. The van der Waals surface area contributed by atoms with Crippen molar-refractivity contribution in [2.24, 2.45) is 5.41 Å². The van der Waals surface area contributed by atoms with Crippen molar-refractivity contribution in [2.75, 3.05) is 5.32 Å². The summed E-state index contributed by atoms with van der Waals surface area (Å²) >= 11 is 0. The van der Waals surface area contributed by atoms with Gasteiger partial charge in [-0.25, -0.2) is 9.97 Å². The molecule has 1 heterocycles. The van der Waals surface area contributed by atoms with Crippen LogP contribution in [-0.4, -0.2) is 27.0 Å². The summed E-state index contributed by atoms with van der Waals surface area (Å²) in [6, 6.07) is 0. The van der Waals surface area contributed by atoms with E-state index in [-0.39, 0.29) is 0 Å². The first-order valence-electron chi connectivity index (χ1n) is 4.45. The highest BCUT2D eigenvalue weighted by Gasteiger charge is 2.57. The number of nitrogens with one attached hydrogen (secondary N) is 1. The van der Waals surface area contributed by atoms with Gasteiger partial charge in [-0.3, -0.25) is 9.59 Å². The second-order valence-electron chi connectivity index (χ2n) is 3.47. The van der Waals surface area contributed by atoms with Gasteiger partial charge in [0.05, 0.1) is 18.1 Å². The molecule has 6 nitrogen and oxygen atoms in total. The van der Waals surface area contributed by atoms with Crippen LogP contribution in [0.5, 0.6) is 0 Å². The van der Waals surface area contributed by atoms with E-state index in [1.165, 1.54) is 18.7 Å². The first kappa shape index (κ1) is 9.57. The fourth-order valence-electron chi connectivity index (χ4n) is 1.28. The summed E-state index contributed by atoms with van der Waals surface area (Å²) in [5.41, 5.74) is -0.814. The van der Waals surface area contributed by atoms with Gasteiger partial charge >= 0.3 is 5.97 Å². The van der Waals surface area contributed by atoms with Crippen LogP contribution < -0.4 is 5.32 Å². The lowest BCUT2D eigenvalue weighted by molar-refractivity contribution is -0.147. The molecule has 2 rings (SSSR count). The van der Waals surface area contributed by atoms with E-state index in [0.717, 1.165) is 0 Å². The van der Waals surface area contributed by atoms with Crippen molar-refractivity contribution < 1.29 is 14.7 Å². The number of rotatable bonds is 3. The minimum absolute atomic E-state index is 0.391. The zero-order valence-electron chi connectivity index (χ0n) is 7.80. The molecule has 15 heavy (non-hydrogen) atoms. The van der Waals surface area contributed by atoms with Gasteiger partial charge in [0.25, 0.3) is 0 Å². The van der Waals surface area contributed by atoms with E-state index >= 15 is 0 Å². The number of nitrogens with zero attached hydrogens (tertiary/aromatic N) is 2. The summed E-state index contributed by atoms with van der Waals surface area (Å²) in [6.45, 7) is 0. The molecule has 78 valence electrons. The van der Waals surface area contributed by atoms with E-state index in [0.29, 0.717) is 18.5 Å². The Balaban J connectivity index is 2.08. The van der Waals surface area contributed by atoms with E-state index in [9.17, 15) is 9.59 Å². The molecule has 1 fully saturated rings.